The van der Waals surface area contributed by atoms with E-state index in [1.54, 1.807) is 56.2 Å². The van der Waals surface area contributed by atoms with E-state index in [4.69, 9.17) is 4.42 Å². The molecule has 8 rings (SSSR count). The number of benzene rings is 3. The monoisotopic (exact) mass is 826 g/mol. The first-order chi connectivity index (χ1) is 29.5. The number of nitrogens with zero attached hydrogens (tertiary/aromatic N) is 6. The van der Waals surface area contributed by atoms with E-state index in [9.17, 15) is 24.3 Å². The molecular weight excluding hydrogens is 773 g/mol. The highest BCUT2D eigenvalue weighted by atomic mass is 16.4. The molecule has 318 valence electrons. The third-order valence-corrected chi connectivity index (χ3v) is 12.2. The molecule has 3 saturated heterocycles. The van der Waals surface area contributed by atoms with E-state index in [0.717, 1.165) is 59.1 Å². The van der Waals surface area contributed by atoms with E-state index in [1.165, 1.54) is 0 Å². The maximum atomic E-state index is 14.8. The molecule has 5 aromatic rings. The molecule has 0 spiro atoms. The summed E-state index contributed by atoms with van der Waals surface area (Å²) in [5.74, 6) is 0.153. The minimum atomic E-state index is -0.926. The van der Waals surface area contributed by atoms with Crippen LogP contribution in [-0.2, 0) is 36.1 Å². The first kappa shape index (κ1) is 41.4. The lowest BCUT2D eigenvalue weighted by Gasteiger charge is -2.55. The molecule has 3 fully saturated rings. The van der Waals surface area contributed by atoms with Crippen LogP contribution >= 0.6 is 0 Å². The summed E-state index contributed by atoms with van der Waals surface area (Å²) in [6, 6.07) is 24.9. The number of phenols is 1. The Bertz CT molecular complexity index is 2400. The van der Waals surface area contributed by atoms with Gasteiger partial charge in [-0.1, -0.05) is 66.7 Å². The van der Waals surface area contributed by atoms with Gasteiger partial charge in [0.25, 0.3) is 5.91 Å². The Morgan fingerprint density at radius 3 is 2.43 bits per heavy atom. The summed E-state index contributed by atoms with van der Waals surface area (Å²) in [5, 5.41) is 20.4. The second-order valence-electron chi connectivity index (χ2n) is 16.5. The lowest BCUT2D eigenvalue weighted by Crippen LogP contribution is -2.76. The molecular formula is C47H54N8O6. The normalized spacial score (nSPS) is 19.1. The number of carbonyl (C=O) groups excluding carboxylic acids is 4. The number of rotatable bonds is 12. The van der Waals surface area contributed by atoms with Crippen molar-refractivity contribution in [3.05, 3.63) is 126 Å². The Morgan fingerprint density at radius 2 is 1.70 bits per heavy atom. The first-order valence-electron chi connectivity index (χ1n) is 21.1. The second-order valence-corrected chi connectivity index (χ2v) is 16.5. The summed E-state index contributed by atoms with van der Waals surface area (Å²) in [6.07, 6.45) is 4.76. The van der Waals surface area contributed by atoms with Crippen LogP contribution in [-0.4, -0.2) is 115 Å². The molecule has 14 heteroatoms. The predicted molar refractivity (Wildman–Crippen MR) is 232 cm³/mol. The van der Waals surface area contributed by atoms with E-state index in [0.29, 0.717) is 11.8 Å². The number of furan rings is 1. The lowest BCUT2D eigenvalue weighted by atomic mass is 9.98. The number of aromatic nitrogens is 1. The van der Waals surface area contributed by atoms with Gasteiger partial charge >= 0.3 is 6.03 Å². The Balaban J connectivity index is 1.08. The van der Waals surface area contributed by atoms with Crippen molar-refractivity contribution in [2.75, 3.05) is 32.7 Å². The van der Waals surface area contributed by atoms with Crippen LogP contribution in [0, 0.1) is 0 Å². The van der Waals surface area contributed by atoms with Gasteiger partial charge in [0.1, 0.15) is 23.7 Å². The number of aryl methyl sites for hydroxylation is 1. The number of carbonyl (C=O) groups is 4. The molecule has 3 N–H and O–H groups in total. The van der Waals surface area contributed by atoms with Crippen molar-refractivity contribution in [3.8, 4) is 17.1 Å². The number of para-hydroxylation sites is 1. The fourth-order valence-electron chi connectivity index (χ4n) is 9.06. The van der Waals surface area contributed by atoms with Crippen LogP contribution in [0.1, 0.15) is 53.9 Å². The summed E-state index contributed by atoms with van der Waals surface area (Å²) in [4.78, 5) is 62.1. The van der Waals surface area contributed by atoms with Crippen molar-refractivity contribution in [1.82, 2.24) is 39.9 Å². The molecule has 61 heavy (non-hydrogen) atoms. The number of aromatic hydroxyl groups is 1. The van der Waals surface area contributed by atoms with Crippen LogP contribution in [0.15, 0.2) is 108 Å². The highest BCUT2D eigenvalue weighted by Crippen LogP contribution is 2.35. The lowest BCUT2D eigenvalue weighted by molar-refractivity contribution is -0.189. The molecule has 2 aromatic heterocycles. The number of nitrogens with one attached hydrogen (secondary N) is 2. The van der Waals surface area contributed by atoms with E-state index in [1.807, 2.05) is 72.4 Å². The highest BCUT2D eigenvalue weighted by Gasteiger charge is 2.51. The van der Waals surface area contributed by atoms with Crippen LogP contribution in [0.25, 0.3) is 22.2 Å². The number of piperidine rings is 1. The SMILES string of the molecule is C=CCN1CC(=O)N2[C@@H](Cc3ccc(O)cc3)C(=O)N(Cc3cccc4c(-c5ccc(C(=O)NC6CCN(C(C)C)CC6)o5)cn(C)c34)C[C@@H]2N1C(=O)NCc1ccccc1. The summed E-state index contributed by atoms with van der Waals surface area (Å²) >= 11 is 0. The van der Waals surface area contributed by atoms with Crippen molar-refractivity contribution >= 4 is 34.7 Å². The Hall–Kier alpha value is -6.38. The molecule has 3 aromatic carbocycles. The van der Waals surface area contributed by atoms with Crippen LogP contribution in [0.2, 0.25) is 0 Å². The largest absolute Gasteiger partial charge is 0.508 e. The highest BCUT2D eigenvalue weighted by molar-refractivity contribution is 5.98. The number of hydrogen-bond acceptors (Lipinski definition) is 8. The fourth-order valence-corrected chi connectivity index (χ4v) is 9.06. The van der Waals surface area contributed by atoms with Crippen molar-refractivity contribution in [2.24, 2.45) is 7.05 Å². The molecule has 2 atom stereocenters. The van der Waals surface area contributed by atoms with Gasteiger partial charge in [0.2, 0.25) is 11.8 Å². The quantitative estimate of drug-likeness (QED) is 0.140. The van der Waals surface area contributed by atoms with Gasteiger partial charge in [0.15, 0.2) is 5.76 Å². The van der Waals surface area contributed by atoms with Crippen LogP contribution in [0.4, 0.5) is 4.79 Å². The van der Waals surface area contributed by atoms with Crippen LogP contribution < -0.4 is 10.6 Å². The van der Waals surface area contributed by atoms with Gasteiger partial charge in [-0.3, -0.25) is 14.4 Å². The van der Waals surface area contributed by atoms with Gasteiger partial charge in [-0.25, -0.2) is 14.8 Å². The summed E-state index contributed by atoms with van der Waals surface area (Å²) < 4.78 is 8.21. The number of likely N-dealkylation sites (tertiary alicyclic amines) is 1. The number of amides is 5. The van der Waals surface area contributed by atoms with Crippen molar-refractivity contribution in [2.45, 2.75) is 70.5 Å². The van der Waals surface area contributed by atoms with Crippen molar-refractivity contribution < 1.29 is 28.7 Å². The average Bonchev–Trinajstić information content (AvgIpc) is 3.88. The Labute approximate surface area is 355 Å². The molecule has 0 bridgehead atoms. The molecule has 5 amide bonds. The van der Waals surface area contributed by atoms with E-state index < -0.39 is 18.2 Å². The number of fused-ring (bicyclic) bond motifs is 2. The predicted octanol–water partition coefficient (Wildman–Crippen LogP) is 5.48. The van der Waals surface area contributed by atoms with Crippen LogP contribution in [0.5, 0.6) is 5.75 Å². The Morgan fingerprint density at radius 1 is 0.951 bits per heavy atom. The third-order valence-electron chi connectivity index (χ3n) is 12.2. The molecule has 3 aliphatic heterocycles. The summed E-state index contributed by atoms with van der Waals surface area (Å²) in [6.45, 7) is 10.8. The van der Waals surface area contributed by atoms with E-state index >= 15 is 0 Å². The number of hydrazine groups is 1. The topological polar surface area (TPSA) is 147 Å². The third kappa shape index (κ3) is 8.64. The average molecular weight is 827 g/mol. The molecule has 3 aliphatic rings. The fraction of sp³-hybridized carbons (Fsp3) is 0.362. The maximum Gasteiger partial charge on any atom is 0.334 e. The van der Waals surface area contributed by atoms with Gasteiger partial charge in [-0.15, -0.1) is 6.58 Å². The minimum absolute atomic E-state index is 0.0594. The number of urea groups is 1. The maximum absolute atomic E-state index is 14.8. The van der Waals surface area contributed by atoms with Gasteiger partial charge in [0, 0.05) is 75.4 Å². The molecule has 0 unspecified atom stereocenters. The Kier molecular flexibility index (Phi) is 12.0. The number of hydrogen-bond donors (Lipinski definition) is 3. The molecule has 0 saturated carbocycles. The number of piperazine rings is 1. The molecule has 0 radical (unpaired) electrons. The first-order valence-corrected chi connectivity index (χ1v) is 21.1. The zero-order valence-electron chi connectivity index (χ0n) is 35.0. The molecule has 14 nitrogen and oxygen atoms in total. The minimum Gasteiger partial charge on any atom is -0.508 e. The molecule has 0 aliphatic carbocycles. The van der Waals surface area contributed by atoms with Gasteiger partial charge in [-0.2, -0.15) is 0 Å². The van der Waals surface area contributed by atoms with E-state index in [2.05, 4.69) is 36.0 Å². The molecule has 5 heterocycles. The standard InChI is InChI=1S/C47H54N8O6/c1-5-22-53-30-43(57)54-39(25-32-14-16-36(56)17-15-32)46(59)52(29-42(54)55(53)47(60)48-26-33-10-7-6-8-11-33)27-34-12-9-13-37-38(28-50(4)44(34)37)40-18-19-41(61-40)45(58)49-35-20-23-51(24-21-35)31(2)3/h5-19,28,31,35,39,42,56H,1,20-27,29-30H2,2-4H3,(H,48,60)(H,49,58)/t39-,42-/m0/s1. The van der Waals surface area contributed by atoms with Crippen molar-refractivity contribution in [3.63, 3.8) is 0 Å². The second kappa shape index (κ2) is 17.7. The van der Waals surface area contributed by atoms with Crippen molar-refractivity contribution in [1.29, 1.82) is 0 Å². The summed E-state index contributed by atoms with van der Waals surface area (Å²) in [7, 11) is 1.94. The van der Waals surface area contributed by atoms with Gasteiger partial charge < -0.3 is 39.4 Å². The number of phenolic OH excluding ortho intramolecular Hbond substituents is 1. The van der Waals surface area contributed by atoms with Crippen LogP contribution in [0.3, 0.4) is 0 Å². The van der Waals surface area contributed by atoms with Gasteiger partial charge in [0.05, 0.1) is 18.6 Å². The zero-order valence-corrected chi connectivity index (χ0v) is 35.0. The zero-order chi connectivity index (χ0) is 42.8. The smallest absolute Gasteiger partial charge is 0.334 e. The summed E-state index contributed by atoms with van der Waals surface area (Å²) in [5.41, 5.74) is 4.23. The van der Waals surface area contributed by atoms with E-state index in [-0.39, 0.29) is 74.4 Å². The van der Waals surface area contributed by atoms with Gasteiger partial charge in [-0.05, 0) is 67.6 Å².